The zero-order valence-corrected chi connectivity index (χ0v) is 20.6. The number of hydrogen-bond donors (Lipinski definition) is 1. The van der Waals surface area contributed by atoms with Gasteiger partial charge in [0.2, 0.25) is 0 Å². The first kappa shape index (κ1) is 24.4. The van der Waals surface area contributed by atoms with Gasteiger partial charge in [0.25, 0.3) is 11.7 Å². The van der Waals surface area contributed by atoms with Crippen LogP contribution in [0, 0.1) is 6.92 Å². The molecule has 2 aliphatic rings. The van der Waals surface area contributed by atoms with E-state index < -0.39 is 23.5 Å². The normalized spacial score (nSPS) is 21.9. The molecule has 0 saturated carbocycles. The van der Waals surface area contributed by atoms with Gasteiger partial charge in [0, 0.05) is 13.2 Å². The second-order valence-electron chi connectivity index (χ2n) is 8.23. The molecule has 2 aliphatic heterocycles. The first-order chi connectivity index (χ1) is 16.3. The number of Topliss-reactive ketones (excluding diaryl/α,β-unsaturated/α-hetero) is 1. The van der Waals surface area contributed by atoms with Crippen LogP contribution in [-0.4, -0.2) is 55.2 Å². The van der Waals surface area contributed by atoms with Crippen molar-refractivity contribution in [3.8, 4) is 11.5 Å². The Morgan fingerprint density at radius 1 is 1.18 bits per heavy atom. The highest BCUT2D eigenvalue weighted by atomic mass is 35.5. The zero-order valence-electron chi connectivity index (χ0n) is 19.1. The fourth-order valence-electron chi connectivity index (χ4n) is 4.58. The van der Waals surface area contributed by atoms with Crippen molar-refractivity contribution < 1.29 is 28.9 Å². The maximum Gasteiger partial charge on any atom is 0.295 e. The van der Waals surface area contributed by atoms with E-state index in [1.807, 2.05) is 31.2 Å². The molecule has 1 N–H and O–H groups in total. The Hall–Kier alpha value is -2.74. The highest BCUT2D eigenvalue weighted by Crippen LogP contribution is 2.47. The molecule has 2 unspecified atom stereocenters. The molecule has 7 nitrogen and oxygen atoms in total. The van der Waals surface area contributed by atoms with Gasteiger partial charge in [-0.15, -0.1) is 0 Å². The number of rotatable bonds is 6. The monoisotopic (exact) mass is 505 g/mol. The number of halogens is 2. The lowest BCUT2D eigenvalue weighted by Crippen LogP contribution is -2.36. The number of aliphatic hydroxyl groups excluding tert-OH is 1. The third kappa shape index (κ3) is 4.13. The standard InChI is InChI=1S/C25H25Cl2NO6/c1-13-7-4-5-9-15(13)20-18(22(30)25(31)28(20)12-14-8-6-10-34-14)21(29)16-11-17(26)24(33-3)19(27)23(16)32-2/h4-5,7,9,11,14,20,29H,6,8,10,12H2,1-3H3/b21-18+. The van der Waals surface area contributed by atoms with Gasteiger partial charge in [-0.25, -0.2) is 0 Å². The SMILES string of the molecule is COc1c(Cl)cc(/C(O)=C2\C(=O)C(=O)N(CC3CCCO3)C2c2ccccc2C)c(OC)c1Cl. The maximum atomic E-state index is 13.3. The molecular weight excluding hydrogens is 481 g/mol. The van der Waals surface area contributed by atoms with Crippen molar-refractivity contribution in [2.45, 2.75) is 31.9 Å². The average molecular weight is 506 g/mol. The summed E-state index contributed by atoms with van der Waals surface area (Å²) in [5.74, 6) is -1.67. The Morgan fingerprint density at radius 3 is 2.50 bits per heavy atom. The van der Waals surface area contributed by atoms with Gasteiger partial charge in [-0.1, -0.05) is 47.5 Å². The second kappa shape index (κ2) is 9.86. The summed E-state index contributed by atoms with van der Waals surface area (Å²) in [7, 11) is 2.78. The molecule has 0 aliphatic carbocycles. The molecule has 4 rings (SSSR count). The highest BCUT2D eigenvalue weighted by Gasteiger charge is 2.47. The fraction of sp³-hybridized carbons (Fsp3) is 0.360. The zero-order chi connectivity index (χ0) is 24.6. The van der Waals surface area contributed by atoms with Gasteiger partial charge in [0.1, 0.15) is 10.8 Å². The minimum absolute atomic E-state index is 0.0417. The van der Waals surface area contributed by atoms with Crippen LogP contribution in [0.2, 0.25) is 10.0 Å². The molecule has 0 radical (unpaired) electrons. The third-order valence-electron chi connectivity index (χ3n) is 6.24. The van der Waals surface area contributed by atoms with Crippen LogP contribution in [0.4, 0.5) is 0 Å². The maximum absolute atomic E-state index is 13.3. The van der Waals surface area contributed by atoms with Crippen molar-refractivity contribution in [1.29, 1.82) is 0 Å². The summed E-state index contributed by atoms with van der Waals surface area (Å²) in [6.45, 7) is 2.74. The van der Waals surface area contributed by atoms with Crippen LogP contribution in [0.25, 0.3) is 5.76 Å². The predicted molar refractivity (Wildman–Crippen MR) is 129 cm³/mol. The number of aryl methyl sites for hydroxylation is 1. The molecule has 2 heterocycles. The van der Waals surface area contributed by atoms with E-state index in [0.717, 1.165) is 24.0 Å². The van der Waals surface area contributed by atoms with Crippen molar-refractivity contribution in [2.24, 2.45) is 0 Å². The predicted octanol–water partition coefficient (Wildman–Crippen LogP) is 4.92. The number of carbonyl (C=O) groups is 2. The molecule has 9 heteroatoms. The summed E-state index contributed by atoms with van der Waals surface area (Å²) in [5, 5.41) is 11.6. The minimum Gasteiger partial charge on any atom is -0.507 e. The second-order valence-corrected chi connectivity index (χ2v) is 9.01. The Labute approximate surface area is 207 Å². The van der Waals surface area contributed by atoms with E-state index in [2.05, 4.69) is 0 Å². The van der Waals surface area contributed by atoms with E-state index in [1.165, 1.54) is 25.2 Å². The summed E-state index contributed by atoms with van der Waals surface area (Å²) in [5.41, 5.74) is 1.63. The fourth-order valence-corrected chi connectivity index (χ4v) is 5.27. The molecular formula is C25H25Cl2NO6. The quantitative estimate of drug-likeness (QED) is 0.340. The Morgan fingerprint density at radius 2 is 1.88 bits per heavy atom. The third-order valence-corrected chi connectivity index (χ3v) is 6.87. The number of carbonyl (C=O) groups excluding carboxylic acids is 2. The van der Waals surface area contributed by atoms with Crippen molar-refractivity contribution in [3.63, 3.8) is 0 Å². The van der Waals surface area contributed by atoms with Crippen LogP contribution in [0.5, 0.6) is 11.5 Å². The van der Waals surface area contributed by atoms with E-state index >= 15 is 0 Å². The number of methoxy groups -OCH3 is 2. The first-order valence-corrected chi connectivity index (χ1v) is 11.6. The highest BCUT2D eigenvalue weighted by molar-refractivity contribution is 6.47. The smallest absolute Gasteiger partial charge is 0.295 e. The van der Waals surface area contributed by atoms with Crippen LogP contribution < -0.4 is 9.47 Å². The molecule has 2 saturated heterocycles. The average Bonchev–Trinajstić information content (AvgIpc) is 3.41. The van der Waals surface area contributed by atoms with Gasteiger partial charge >= 0.3 is 0 Å². The Balaban J connectivity index is 1.93. The molecule has 0 spiro atoms. The number of likely N-dealkylation sites (tertiary alicyclic amines) is 1. The van der Waals surface area contributed by atoms with Crippen molar-refractivity contribution in [3.05, 3.63) is 62.6 Å². The Kier molecular flexibility index (Phi) is 7.07. The number of nitrogens with zero attached hydrogens (tertiary/aromatic N) is 1. The number of aliphatic hydroxyl groups is 1. The van der Waals surface area contributed by atoms with Gasteiger partial charge < -0.3 is 24.2 Å². The van der Waals surface area contributed by atoms with Gasteiger partial charge in [0.15, 0.2) is 11.5 Å². The van der Waals surface area contributed by atoms with E-state index in [-0.39, 0.29) is 45.3 Å². The lowest BCUT2D eigenvalue weighted by molar-refractivity contribution is -0.140. The molecule has 34 heavy (non-hydrogen) atoms. The largest absolute Gasteiger partial charge is 0.507 e. The molecule has 0 bridgehead atoms. The van der Waals surface area contributed by atoms with Gasteiger partial charge in [-0.05, 0) is 37.0 Å². The lowest BCUT2D eigenvalue weighted by atomic mass is 9.92. The Bertz CT molecular complexity index is 1170. The first-order valence-electron chi connectivity index (χ1n) is 10.9. The van der Waals surface area contributed by atoms with E-state index in [9.17, 15) is 14.7 Å². The van der Waals surface area contributed by atoms with E-state index in [1.54, 1.807) is 0 Å². The number of ether oxygens (including phenoxy) is 3. The molecule has 180 valence electrons. The number of hydrogen-bond acceptors (Lipinski definition) is 6. The molecule has 2 fully saturated rings. The van der Waals surface area contributed by atoms with Gasteiger partial charge in [-0.2, -0.15) is 0 Å². The number of amides is 1. The summed E-state index contributed by atoms with van der Waals surface area (Å²) < 4.78 is 16.4. The van der Waals surface area contributed by atoms with Crippen LogP contribution >= 0.6 is 23.2 Å². The molecule has 2 aromatic rings. The molecule has 2 atom stereocenters. The topological polar surface area (TPSA) is 85.3 Å². The van der Waals surface area contributed by atoms with Gasteiger partial charge in [-0.3, -0.25) is 9.59 Å². The molecule has 0 aromatic heterocycles. The van der Waals surface area contributed by atoms with E-state index in [4.69, 9.17) is 37.4 Å². The molecule has 2 aromatic carbocycles. The van der Waals surface area contributed by atoms with Gasteiger partial charge in [0.05, 0.1) is 42.5 Å². The summed E-state index contributed by atoms with van der Waals surface area (Å²) in [6, 6.07) is 8.03. The minimum atomic E-state index is -0.810. The number of ketones is 1. The van der Waals surface area contributed by atoms with Crippen LogP contribution in [0.3, 0.4) is 0 Å². The van der Waals surface area contributed by atoms with Crippen LogP contribution in [-0.2, 0) is 14.3 Å². The van der Waals surface area contributed by atoms with Crippen molar-refractivity contribution >= 4 is 40.7 Å². The van der Waals surface area contributed by atoms with E-state index in [0.29, 0.717) is 6.61 Å². The molecule has 1 amide bonds. The van der Waals surface area contributed by atoms with Crippen molar-refractivity contribution in [1.82, 2.24) is 4.90 Å². The summed E-state index contributed by atoms with van der Waals surface area (Å²) in [4.78, 5) is 28.0. The van der Waals surface area contributed by atoms with Crippen molar-refractivity contribution in [2.75, 3.05) is 27.4 Å². The lowest BCUT2D eigenvalue weighted by Gasteiger charge is -2.28. The summed E-state index contributed by atoms with van der Waals surface area (Å²) >= 11 is 12.7. The number of benzene rings is 2. The van der Waals surface area contributed by atoms with Crippen LogP contribution in [0.1, 0.15) is 35.6 Å². The van der Waals surface area contributed by atoms with Crippen LogP contribution in [0.15, 0.2) is 35.9 Å². The summed E-state index contributed by atoms with van der Waals surface area (Å²) in [6.07, 6.45) is 1.51.